The molecule has 0 aliphatic rings. The fourth-order valence-corrected chi connectivity index (χ4v) is 3.27. The van der Waals surface area contributed by atoms with E-state index in [-0.39, 0.29) is 17.7 Å². The van der Waals surface area contributed by atoms with Crippen LogP contribution in [0, 0.1) is 0 Å². The minimum absolute atomic E-state index is 0.133. The van der Waals surface area contributed by atoms with E-state index in [9.17, 15) is 19.5 Å². The maximum Gasteiger partial charge on any atom is 0.333 e. The number of aliphatic imine (C=N–C) groups is 1. The number of aromatic hydroxyl groups is 1. The number of aromatic nitrogens is 3. The number of hydrogen-bond acceptors (Lipinski definition) is 6. The molecule has 3 aromatic rings. The third-order valence-corrected chi connectivity index (χ3v) is 4.91. The zero-order chi connectivity index (χ0) is 21.3. The van der Waals surface area contributed by atoms with Gasteiger partial charge in [-0.2, -0.15) is 0 Å². The molecule has 9 nitrogen and oxygen atoms in total. The highest BCUT2D eigenvalue weighted by Gasteiger charge is 2.23. The molecular weight excluding hydrogens is 376 g/mol. The summed E-state index contributed by atoms with van der Waals surface area (Å²) in [6.45, 7) is 1.51. The fraction of sp³-hybridized carbons (Fsp3) is 0.300. The number of hydrogen-bond donors (Lipinski definition) is 2. The molecule has 0 aliphatic heterocycles. The summed E-state index contributed by atoms with van der Waals surface area (Å²) in [6, 6.07) is 6.72. The third kappa shape index (κ3) is 3.58. The summed E-state index contributed by atoms with van der Waals surface area (Å²) in [5.41, 5.74) is 0.438. The highest BCUT2D eigenvalue weighted by atomic mass is 16.5. The Hall–Kier alpha value is -3.62. The summed E-state index contributed by atoms with van der Waals surface area (Å²) in [7, 11) is 3.92. The van der Waals surface area contributed by atoms with Crippen molar-refractivity contribution >= 4 is 22.6 Å². The van der Waals surface area contributed by atoms with Gasteiger partial charge in [-0.15, -0.1) is 0 Å². The summed E-state index contributed by atoms with van der Waals surface area (Å²) in [5, 5.41) is 11.3. The van der Waals surface area contributed by atoms with Gasteiger partial charge in [-0.25, -0.2) is 9.59 Å². The number of aromatic amines is 1. The average molecular weight is 398 g/mol. The number of carbonyl (C=O) groups is 1. The smallest absolute Gasteiger partial charge is 0.333 e. The van der Waals surface area contributed by atoms with Crippen molar-refractivity contribution in [2.24, 2.45) is 19.1 Å². The van der Waals surface area contributed by atoms with Crippen molar-refractivity contribution in [1.29, 1.82) is 0 Å². The van der Waals surface area contributed by atoms with Gasteiger partial charge >= 0.3 is 11.7 Å². The molecule has 0 fully saturated rings. The summed E-state index contributed by atoms with van der Waals surface area (Å²) < 4.78 is 6.70. The number of nitrogens with zero attached hydrogens (tertiary/aromatic N) is 3. The number of rotatable bonds is 5. The maximum absolute atomic E-state index is 12.5. The van der Waals surface area contributed by atoms with E-state index in [1.807, 2.05) is 24.3 Å². The van der Waals surface area contributed by atoms with Gasteiger partial charge in [-0.05, 0) is 18.6 Å². The first kappa shape index (κ1) is 20.1. The molecule has 1 atom stereocenters. The first-order valence-electron chi connectivity index (χ1n) is 8.92. The van der Waals surface area contributed by atoms with Crippen LogP contribution in [0.1, 0.15) is 18.1 Å². The molecule has 152 valence electrons. The van der Waals surface area contributed by atoms with Gasteiger partial charge in [0.1, 0.15) is 5.56 Å². The van der Waals surface area contributed by atoms with Crippen molar-refractivity contribution in [3.8, 4) is 5.88 Å². The number of para-hydroxylation sites is 1. The molecule has 9 heteroatoms. The maximum atomic E-state index is 12.5. The zero-order valence-corrected chi connectivity index (χ0v) is 16.6. The van der Waals surface area contributed by atoms with Crippen molar-refractivity contribution in [2.45, 2.75) is 19.4 Å². The predicted molar refractivity (Wildman–Crippen MR) is 109 cm³/mol. The Labute approximate surface area is 165 Å². The van der Waals surface area contributed by atoms with Crippen molar-refractivity contribution in [1.82, 2.24) is 14.1 Å². The first-order chi connectivity index (χ1) is 13.8. The molecule has 1 aromatic carbocycles. The molecule has 3 rings (SSSR count). The van der Waals surface area contributed by atoms with Crippen LogP contribution in [0.15, 0.2) is 45.0 Å². The Morgan fingerprint density at radius 3 is 2.62 bits per heavy atom. The monoisotopic (exact) mass is 398 g/mol. The molecule has 0 aliphatic carbocycles. The van der Waals surface area contributed by atoms with Gasteiger partial charge in [0, 0.05) is 37.6 Å². The SMILES string of the molecule is COC(=O)C(Cc1c[nH]c2ccccc12)N=C(C)c1c(O)n(C)c(=O)n(C)c1=O. The Morgan fingerprint density at radius 1 is 1.24 bits per heavy atom. The molecule has 2 aromatic heterocycles. The molecule has 0 saturated heterocycles. The van der Waals surface area contributed by atoms with Crippen LogP contribution < -0.4 is 11.2 Å². The topological polar surface area (TPSA) is 119 Å². The molecule has 2 heterocycles. The first-order valence-corrected chi connectivity index (χ1v) is 8.92. The van der Waals surface area contributed by atoms with E-state index in [1.165, 1.54) is 28.1 Å². The van der Waals surface area contributed by atoms with Crippen LogP contribution in [-0.2, 0) is 30.0 Å². The number of H-pyrrole nitrogens is 1. The Bertz CT molecular complexity index is 1230. The van der Waals surface area contributed by atoms with Crippen LogP contribution in [0.5, 0.6) is 5.88 Å². The van der Waals surface area contributed by atoms with Gasteiger partial charge in [0.15, 0.2) is 6.04 Å². The Balaban J connectivity index is 2.07. The van der Waals surface area contributed by atoms with E-state index >= 15 is 0 Å². The minimum Gasteiger partial charge on any atom is -0.494 e. The van der Waals surface area contributed by atoms with Crippen molar-refractivity contribution in [3.05, 3.63) is 62.4 Å². The highest BCUT2D eigenvalue weighted by molar-refractivity contribution is 6.01. The van der Waals surface area contributed by atoms with E-state index in [2.05, 4.69) is 9.98 Å². The summed E-state index contributed by atoms with van der Waals surface area (Å²) >= 11 is 0. The van der Waals surface area contributed by atoms with E-state index in [0.29, 0.717) is 0 Å². The molecule has 0 spiro atoms. The van der Waals surface area contributed by atoms with Crippen LogP contribution in [0.4, 0.5) is 0 Å². The normalized spacial score (nSPS) is 12.9. The molecule has 0 saturated carbocycles. The van der Waals surface area contributed by atoms with Crippen molar-refractivity contribution < 1.29 is 14.6 Å². The molecule has 0 radical (unpaired) electrons. The Morgan fingerprint density at radius 2 is 1.93 bits per heavy atom. The number of methoxy groups -OCH3 is 1. The van der Waals surface area contributed by atoms with Crippen LogP contribution in [0.25, 0.3) is 10.9 Å². The second-order valence-corrected chi connectivity index (χ2v) is 6.72. The lowest BCUT2D eigenvalue weighted by atomic mass is 10.0. The second kappa shape index (κ2) is 7.78. The van der Waals surface area contributed by atoms with Gasteiger partial charge < -0.3 is 14.8 Å². The largest absolute Gasteiger partial charge is 0.494 e. The van der Waals surface area contributed by atoms with E-state index in [4.69, 9.17) is 4.74 Å². The van der Waals surface area contributed by atoms with Crippen molar-refractivity contribution in [2.75, 3.05) is 7.11 Å². The fourth-order valence-electron chi connectivity index (χ4n) is 3.27. The zero-order valence-electron chi connectivity index (χ0n) is 16.6. The van der Waals surface area contributed by atoms with Gasteiger partial charge in [-0.3, -0.25) is 18.9 Å². The summed E-state index contributed by atoms with van der Waals surface area (Å²) in [6.07, 6.45) is 2.04. The summed E-state index contributed by atoms with van der Waals surface area (Å²) in [4.78, 5) is 44.3. The number of carbonyl (C=O) groups excluding carboxylic acids is 1. The Kier molecular flexibility index (Phi) is 5.40. The molecule has 2 N–H and O–H groups in total. The molecule has 0 bridgehead atoms. The number of esters is 1. The van der Waals surface area contributed by atoms with Gasteiger partial charge in [0.25, 0.3) is 5.56 Å². The molecule has 1 unspecified atom stereocenters. The number of fused-ring (bicyclic) bond motifs is 1. The van der Waals surface area contributed by atoms with Crippen molar-refractivity contribution in [3.63, 3.8) is 0 Å². The lowest BCUT2D eigenvalue weighted by Gasteiger charge is -2.14. The predicted octanol–water partition coefficient (Wildman–Crippen LogP) is 0.864. The second-order valence-electron chi connectivity index (χ2n) is 6.72. The van der Waals surface area contributed by atoms with Crippen LogP contribution >= 0.6 is 0 Å². The van der Waals surface area contributed by atoms with Gasteiger partial charge in [0.2, 0.25) is 5.88 Å². The molecule has 0 amide bonds. The lowest BCUT2D eigenvalue weighted by molar-refractivity contribution is -0.142. The van der Waals surface area contributed by atoms with Crippen LogP contribution in [-0.4, -0.2) is 44.1 Å². The minimum atomic E-state index is -0.930. The summed E-state index contributed by atoms with van der Waals surface area (Å²) in [5.74, 6) is -1.08. The van der Waals surface area contributed by atoms with Crippen LogP contribution in [0.2, 0.25) is 0 Å². The van der Waals surface area contributed by atoms with E-state index in [0.717, 1.165) is 25.6 Å². The average Bonchev–Trinajstić information content (AvgIpc) is 3.12. The quantitative estimate of drug-likeness (QED) is 0.488. The third-order valence-electron chi connectivity index (χ3n) is 4.91. The number of ether oxygens (including phenoxy) is 1. The van der Waals surface area contributed by atoms with Gasteiger partial charge in [0.05, 0.1) is 12.8 Å². The van der Waals surface area contributed by atoms with E-state index in [1.54, 1.807) is 6.20 Å². The van der Waals surface area contributed by atoms with Gasteiger partial charge in [-0.1, -0.05) is 18.2 Å². The molecule has 29 heavy (non-hydrogen) atoms. The highest BCUT2D eigenvalue weighted by Crippen LogP contribution is 2.21. The van der Waals surface area contributed by atoms with Crippen LogP contribution in [0.3, 0.4) is 0 Å². The molecular formula is C20H22N4O5. The van der Waals surface area contributed by atoms with E-state index < -0.39 is 29.1 Å². The lowest BCUT2D eigenvalue weighted by Crippen LogP contribution is -2.40. The standard InChI is InChI=1S/C20H22N4O5/c1-11(16-17(25)23(2)20(28)24(3)18(16)26)22-15(19(27)29-4)9-12-10-21-14-8-6-5-7-13(12)14/h5-8,10,15,21,25H,9H2,1-4H3. The number of nitrogens with one attached hydrogen (secondary N) is 1. The number of benzene rings is 1.